The molecule has 0 bridgehead atoms. The number of rotatable bonds is 0. The molecule has 0 radical (unpaired) electrons. The summed E-state index contributed by atoms with van der Waals surface area (Å²) in [5.74, 6) is 0. The minimum Gasteiger partial charge on any atom is -0.380 e. The van der Waals surface area contributed by atoms with Crippen molar-refractivity contribution in [1.29, 1.82) is 0 Å². The smallest absolute Gasteiger partial charge is 0.0589 e. The third-order valence-corrected chi connectivity index (χ3v) is 4.96. The van der Waals surface area contributed by atoms with Gasteiger partial charge in [-0.05, 0) is 18.1 Å². The van der Waals surface area contributed by atoms with Crippen molar-refractivity contribution in [3.63, 3.8) is 0 Å². The van der Waals surface area contributed by atoms with Crippen LogP contribution in [0.1, 0.15) is 5.56 Å². The Bertz CT molecular complexity index is 839. The number of nitrogens with one attached hydrogen (secondary N) is 1. The van der Waals surface area contributed by atoms with Gasteiger partial charge in [0.15, 0.2) is 0 Å². The first kappa shape index (κ1) is 11.7. The van der Waals surface area contributed by atoms with Crippen LogP contribution in [0.4, 0.5) is 5.69 Å². The van der Waals surface area contributed by atoms with Crippen LogP contribution >= 0.6 is 11.3 Å². The first-order valence-electron chi connectivity index (χ1n) is 6.92. The lowest BCUT2D eigenvalue weighted by Crippen LogP contribution is -2.01. The van der Waals surface area contributed by atoms with E-state index >= 15 is 0 Å². The van der Waals surface area contributed by atoms with Gasteiger partial charge in [0, 0.05) is 22.0 Å². The zero-order valence-electron chi connectivity index (χ0n) is 11.1. The Balaban J connectivity index is 2.02. The van der Waals surface area contributed by atoms with Gasteiger partial charge < -0.3 is 5.32 Å². The molecule has 1 aliphatic heterocycles. The van der Waals surface area contributed by atoms with Crippen LogP contribution in [-0.2, 0) is 6.42 Å². The lowest BCUT2D eigenvalue weighted by atomic mass is 10.1. The summed E-state index contributed by atoms with van der Waals surface area (Å²) in [6.07, 6.45) is 9.61. The third kappa shape index (κ3) is 1.84. The zero-order chi connectivity index (χ0) is 13.4. The number of anilines is 1. The van der Waals surface area contributed by atoms with E-state index in [0.717, 1.165) is 13.0 Å². The van der Waals surface area contributed by atoms with Crippen molar-refractivity contribution in [2.45, 2.75) is 6.42 Å². The van der Waals surface area contributed by atoms with E-state index in [0.29, 0.717) is 0 Å². The van der Waals surface area contributed by atoms with Crippen LogP contribution in [0.5, 0.6) is 0 Å². The van der Waals surface area contributed by atoms with Gasteiger partial charge in [-0.1, -0.05) is 54.6 Å². The van der Waals surface area contributed by atoms with Crippen LogP contribution in [0.2, 0.25) is 0 Å². The average Bonchev–Trinajstić information content (AvgIpc) is 2.90. The molecular weight excluding hydrogens is 262 g/mol. The van der Waals surface area contributed by atoms with Crippen molar-refractivity contribution < 1.29 is 0 Å². The Hall–Kier alpha value is -2.06. The van der Waals surface area contributed by atoms with Crippen LogP contribution in [0.25, 0.3) is 20.2 Å². The fraction of sp³-hybridized carbons (Fsp3) is 0.111. The number of thiophene rings is 1. The summed E-state index contributed by atoms with van der Waals surface area (Å²) in [6.45, 7) is 0.880. The summed E-state index contributed by atoms with van der Waals surface area (Å²) < 4.78 is 2.75. The Morgan fingerprint density at radius 1 is 0.900 bits per heavy atom. The molecule has 98 valence electrons. The standard InChI is InChI=1S/C18H15NS/c1-2-6-12-19-17-13(7-3-1)10-11-15-14-8-4-5-9-16(14)20-18(15)17/h1-6,8-11,19H,7,12H2/b3-1-,6-2-. The summed E-state index contributed by atoms with van der Waals surface area (Å²) in [5, 5.41) is 6.32. The van der Waals surface area contributed by atoms with Gasteiger partial charge in [-0.2, -0.15) is 0 Å². The van der Waals surface area contributed by atoms with Gasteiger partial charge in [0.05, 0.1) is 10.4 Å². The molecular formula is C18H15NS. The van der Waals surface area contributed by atoms with Crippen LogP contribution < -0.4 is 5.32 Å². The summed E-state index contributed by atoms with van der Waals surface area (Å²) >= 11 is 1.89. The molecule has 0 atom stereocenters. The molecule has 1 N–H and O–H groups in total. The molecule has 0 saturated carbocycles. The van der Waals surface area contributed by atoms with Crippen molar-refractivity contribution in [1.82, 2.24) is 0 Å². The van der Waals surface area contributed by atoms with Gasteiger partial charge in [0.2, 0.25) is 0 Å². The summed E-state index contributed by atoms with van der Waals surface area (Å²) in [7, 11) is 0. The van der Waals surface area contributed by atoms with Crippen molar-refractivity contribution >= 4 is 37.2 Å². The molecule has 20 heavy (non-hydrogen) atoms. The topological polar surface area (TPSA) is 12.0 Å². The lowest BCUT2D eigenvalue weighted by Gasteiger charge is -2.10. The highest BCUT2D eigenvalue weighted by molar-refractivity contribution is 7.26. The molecule has 2 heteroatoms. The fourth-order valence-corrected chi connectivity index (χ4v) is 4.02. The maximum Gasteiger partial charge on any atom is 0.0589 e. The van der Waals surface area contributed by atoms with E-state index in [1.807, 2.05) is 11.3 Å². The van der Waals surface area contributed by atoms with Gasteiger partial charge in [0.25, 0.3) is 0 Å². The molecule has 0 amide bonds. The van der Waals surface area contributed by atoms with Gasteiger partial charge in [-0.25, -0.2) is 0 Å². The van der Waals surface area contributed by atoms with Gasteiger partial charge in [-0.3, -0.25) is 0 Å². The number of fused-ring (bicyclic) bond motifs is 5. The van der Waals surface area contributed by atoms with Crippen molar-refractivity contribution in [3.8, 4) is 0 Å². The summed E-state index contributed by atoms with van der Waals surface area (Å²) in [4.78, 5) is 0. The van der Waals surface area contributed by atoms with Crippen LogP contribution in [-0.4, -0.2) is 6.54 Å². The van der Waals surface area contributed by atoms with Crippen molar-refractivity contribution in [2.75, 3.05) is 11.9 Å². The average molecular weight is 277 g/mol. The number of benzene rings is 2. The molecule has 0 unspecified atom stereocenters. The first-order valence-corrected chi connectivity index (χ1v) is 7.74. The molecule has 1 nitrogen and oxygen atoms in total. The summed E-state index contributed by atoms with van der Waals surface area (Å²) in [6, 6.07) is 13.2. The predicted octanol–water partition coefficient (Wildman–Crippen LogP) is 5.13. The second-order valence-corrected chi connectivity index (χ2v) is 6.07. The van der Waals surface area contributed by atoms with Crippen LogP contribution in [0, 0.1) is 0 Å². The maximum absolute atomic E-state index is 3.59. The second kappa shape index (κ2) is 4.80. The largest absolute Gasteiger partial charge is 0.380 e. The van der Waals surface area contributed by atoms with Crippen LogP contribution in [0.15, 0.2) is 60.7 Å². The van der Waals surface area contributed by atoms with E-state index in [-0.39, 0.29) is 0 Å². The first-order chi connectivity index (χ1) is 9.93. The van der Waals surface area contributed by atoms with E-state index in [9.17, 15) is 0 Å². The molecule has 1 aromatic heterocycles. The molecule has 2 heterocycles. The van der Waals surface area contributed by atoms with E-state index < -0.39 is 0 Å². The molecule has 0 saturated heterocycles. The van der Waals surface area contributed by atoms with Crippen molar-refractivity contribution in [3.05, 3.63) is 66.3 Å². The van der Waals surface area contributed by atoms with E-state index in [1.54, 1.807) is 0 Å². The van der Waals surface area contributed by atoms with Crippen molar-refractivity contribution in [2.24, 2.45) is 0 Å². The lowest BCUT2D eigenvalue weighted by molar-refractivity contribution is 1.25. The molecule has 1 aliphatic rings. The van der Waals surface area contributed by atoms with E-state index in [1.165, 1.54) is 31.4 Å². The Kier molecular flexibility index (Phi) is 2.82. The Morgan fingerprint density at radius 2 is 1.80 bits per heavy atom. The minimum absolute atomic E-state index is 0.880. The van der Waals surface area contributed by atoms with Crippen LogP contribution in [0.3, 0.4) is 0 Å². The van der Waals surface area contributed by atoms with Gasteiger partial charge >= 0.3 is 0 Å². The van der Waals surface area contributed by atoms with E-state index in [2.05, 4.69) is 66.0 Å². The fourth-order valence-electron chi connectivity index (χ4n) is 2.77. The van der Waals surface area contributed by atoms with Gasteiger partial charge in [-0.15, -0.1) is 11.3 Å². The van der Waals surface area contributed by atoms with E-state index in [4.69, 9.17) is 0 Å². The SMILES string of the molecule is C1=C\CNc2c(ccc3c2sc2ccccc23)C\C=C/1. The highest BCUT2D eigenvalue weighted by Gasteiger charge is 2.11. The summed E-state index contributed by atoms with van der Waals surface area (Å²) in [5.41, 5.74) is 2.68. The van der Waals surface area contributed by atoms with Gasteiger partial charge in [0.1, 0.15) is 0 Å². The number of hydrogen-bond acceptors (Lipinski definition) is 2. The highest BCUT2D eigenvalue weighted by atomic mass is 32.1. The minimum atomic E-state index is 0.880. The third-order valence-electron chi connectivity index (χ3n) is 3.75. The number of hydrogen-bond donors (Lipinski definition) is 1. The highest BCUT2D eigenvalue weighted by Crippen LogP contribution is 2.40. The molecule has 0 fully saturated rings. The zero-order valence-corrected chi connectivity index (χ0v) is 11.9. The normalized spacial score (nSPS) is 17.8. The Labute approximate surface area is 122 Å². The molecule has 0 spiro atoms. The predicted molar refractivity (Wildman–Crippen MR) is 89.8 cm³/mol. The quantitative estimate of drug-likeness (QED) is 0.600. The maximum atomic E-state index is 3.59. The molecule has 4 rings (SSSR count). The molecule has 2 aromatic carbocycles. The molecule has 0 aliphatic carbocycles. The number of allylic oxidation sites excluding steroid dienone is 3. The second-order valence-electron chi connectivity index (χ2n) is 5.02. The molecule has 3 aromatic rings. The Morgan fingerprint density at radius 3 is 2.80 bits per heavy atom. The monoisotopic (exact) mass is 277 g/mol.